The van der Waals surface area contributed by atoms with Crippen molar-refractivity contribution in [2.45, 2.75) is 18.9 Å². The molecule has 5 heteroatoms. The zero-order chi connectivity index (χ0) is 11.9. The highest BCUT2D eigenvalue weighted by Gasteiger charge is 2.23. The second kappa shape index (κ2) is 6.10. The molecule has 2 N–H and O–H groups in total. The number of ether oxygens (including phenoxy) is 1. The van der Waals surface area contributed by atoms with E-state index in [1.807, 2.05) is 30.3 Å². The van der Waals surface area contributed by atoms with Crippen molar-refractivity contribution in [2.24, 2.45) is 0 Å². The van der Waals surface area contributed by atoms with Gasteiger partial charge in [-0.3, -0.25) is 4.84 Å². The molecule has 0 heterocycles. The van der Waals surface area contributed by atoms with Gasteiger partial charge in [-0.15, -0.1) is 0 Å². The first-order valence-corrected chi connectivity index (χ1v) is 5.71. The van der Waals surface area contributed by atoms with Gasteiger partial charge in [0.25, 0.3) is 0 Å². The number of hydrogen-bond acceptors (Lipinski definition) is 3. The van der Waals surface area contributed by atoms with Gasteiger partial charge in [-0.05, 0) is 25.0 Å². The minimum absolute atomic E-state index is 0.285. The molecule has 0 spiro atoms. The Morgan fingerprint density at radius 1 is 1.24 bits per heavy atom. The summed E-state index contributed by atoms with van der Waals surface area (Å²) in [6.45, 7) is 0.709. The zero-order valence-corrected chi connectivity index (χ0v) is 9.52. The Morgan fingerprint density at radius 2 is 2.00 bits per heavy atom. The number of carbonyl (C=O) groups is 1. The molecule has 0 saturated heterocycles. The first kappa shape index (κ1) is 11.7. The van der Waals surface area contributed by atoms with E-state index >= 15 is 0 Å². The molecular weight excluding hydrogens is 220 g/mol. The van der Waals surface area contributed by atoms with E-state index in [0.29, 0.717) is 19.3 Å². The van der Waals surface area contributed by atoms with Crippen molar-refractivity contribution >= 4 is 6.03 Å². The third kappa shape index (κ3) is 4.74. The molecule has 1 aliphatic carbocycles. The average Bonchev–Trinajstić information content (AvgIpc) is 3.14. The van der Waals surface area contributed by atoms with Gasteiger partial charge in [0.15, 0.2) is 0 Å². The fourth-order valence-corrected chi connectivity index (χ4v) is 1.28. The number of amides is 2. The third-order valence-electron chi connectivity index (χ3n) is 2.27. The van der Waals surface area contributed by atoms with Gasteiger partial charge in [0.05, 0.1) is 0 Å². The molecular formula is C12H16N2O3. The predicted octanol–water partition coefficient (Wildman–Crippen LogP) is 1.46. The van der Waals surface area contributed by atoms with E-state index in [4.69, 9.17) is 9.57 Å². The van der Waals surface area contributed by atoms with Crippen LogP contribution in [0.5, 0.6) is 5.75 Å². The van der Waals surface area contributed by atoms with Gasteiger partial charge in [0.2, 0.25) is 0 Å². The lowest BCUT2D eigenvalue weighted by atomic mass is 10.3. The summed E-state index contributed by atoms with van der Waals surface area (Å²) in [5, 5.41) is 2.75. The quantitative estimate of drug-likeness (QED) is 0.580. The largest absolute Gasteiger partial charge is 0.491 e. The fourth-order valence-electron chi connectivity index (χ4n) is 1.28. The second-order valence-corrected chi connectivity index (χ2v) is 3.86. The third-order valence-corrected chi connectivity index (χ3v) is 2.27. The number of nitrogens with one attached hydrogen (secondary N) is 2. The molecule has 1 aliphatic rings. The average molecular weight is 236 g/mol. The summed E-state index contributed by atoms with van der Waals surface area (Å²) in [5.74, 6) is 0.790. The van der Waals surface area contributed by atoms with Crippen LogP contribution in [-0.4, -0.2) is 25.3 Å². The lowest BCUT2D eigenvalue weighted by Gasteiger charge is -2.08. The predicted molar refractivity (Wildman–Crippen MR) is 62.6 cm³/mol. The Labute approximate surface area is 100 Å². The van der Waals surface area contributed by atoms with E-state index in [1.165, 1.54) is 0 Å². The van der Waals surface area contributed by atoms with Crippen molar-refractivity contribution in [2.75, 3.05) is 13.2 Å². The van der Waals surface area contributed by atoms with E-state index in [0.717, 1.165) is 18.6 Å². The van der Waals surface area contributed by atoms with Crippen molar-refractivity contribution in [1.82, 2.24) is 10.8 Å². The SMILES string of the molecule is O=C(NOCCOc1ccccc1)NC1CC1. The van der Waals surface area contributed by atoms with Crippen LogP contribution in [0.25, 0.3) is 0 Å². The number of carbonyl (C=O) groups excluding carboxylic acids is 1. The van der Waals surface area contributed by atoms with Crippen LogP contribution in [0.4, 0.5) is 4.79 Å². The van der Waals surface area contributed by atoms with Crippen molar-refractivity contribution < 1.29 is 14.4 Å². The maximum Gasteiger partial charge on any atom is 0.338 e. The number of hydroxylamine groups is 1. The van der Waals surface area contributed by atoms with Crippen LogP contribution in [0.2, 0.25) is 0 Å². The monoisotopic (exact) mass is 236 g/mol. The van der Waals surface area contributed by atoms with Gasteiger partial charge < -0.3 is 10.1 Å². The minimum atomic E-state index is -0.285. The first-order chi connectivity index (χ1) is 8.34. The van der Waals surface area contributed by atoms with Crippen molar-refractivity contribution in [3.05, 3.63) is 30.3 Å². The van der Waals surface area contributed by atoms with Crippen LogP contribution < -0.4 is 15.5 Å². The number of benzene rings is 1. The summed E-state index contributed by atoms with van der Waals surface area (Å²) in [6, 6.07) is 9.51. The second-order valence-electron chi connectivity index (χ2n) is 3.86. The molecule has 92 valence electrons. The van der Waals surface area contributed by atoms with Crippen molar-refractivity contribution in [1.29, 1.82) is 0 Å². The number of rotatable bonds is 6. The normalized spacial score (nSPS) is 14.1. The highest BCUT2D eigenvalue weighted by Crippen LogP contribution is 2.18. The molecule has 1 fully saturated rings. The molecule has 0 aliphatic heterocycles. The van der Waals surface area contributed by atoms with Gasteiger partial charge in [-0.25, -0.2) is 10.3 Å². The molecule has 1 saturated carbocycles. The van der Waals surface area contributed by atoms with Gasteiger partial charge in [-0.1, -0.05) is 18.2 Å². The summed E-state index contributed by atoms with van der Waals surface area (Å²) in [6.07, 6.45) is 2.12. The molecule has 1 aromatic carbocycles. The molecule has 2 rings (SSSR count). The van der Waals surface area contributed by atoms with Gasteiger partial charge >= 0.3 is 6.03 Å². The lowest BCUT2D eigenvalue weighted by Crippen LogP contribution is -2.37. The van der Waals surface area contributed by atoms with Crippen LogP contribution in [-0.2, 0) is 4.84 Å². The zero-order valence-electron chi connectivity index (χ0n) is 9.52. The Bertz CT molecular complexity index is 352. The number of urea groups is 1. The van der Waals surface area contributed by atoms with Gasteiger partial charge in [0, 0.05) is 6.04 Å². The van der Waals surface area contributed by atoms with E-state index in [9.17, 15) is 4.79 Å². The minimum Gasteiger partial charge on any atom is -0.491 e. The molecule has 1 aromatic rings. The first-order valence-electron chi connectivity index (χ1n) is 5.71. The number of hydrogen-bond donors (Lipinski definition) is 2. The lowest BCUT2D eigenvalue weighted by molar-refractivity contribution is 0.0414. The highest BCUT2D eigenvalue weighted by molar-refractivity contribution is 5.73. The van der Waals surface area contributed by atoms with E-state index < -0.39 is 0 Å². The summed E-state index contributed by atoms with van der Waals surface area (Å²) in [4.78, 5) is 16.1. The number of para-hydroxylation sites is 1. The molecule has 0 unspecified atom stereocenters. The Morgan fingerprint density at radius 3 is 2.71 bits per heavy atom. The Kier molecular flexibility index (Phi) is 4.21. The molecule has 0 aromatic heterocycles. The molecule has 17 heavy (non-hydrogen) atoms. The standard InChI is InChI=1S/C12H16N2O3/c15-12(13-10-6-7-10)14-17-9-8-16-11-4-2-1-3-5-11/h1-5,10H,6-9H2,(H2,13,14,15). The Balaban J connectivity index is 1.50. The molecule has 2 amide bonds. The molecule has 0 atom stereocenters. The van der Waals surface area contributed by atoms with Crippen LogP contribution in [0.1, 0.15) is 12.8 Å². The maximum atomic E-state index is 11.1. The molecule has 0 radical (unpaired) electrons. The van der Waals surface area contributed by atoms with E-state index in [-0.39, 0.29) is 6.03 Å². The van der Waals surface area contributed by atoms with Crippen LogP contribution in [0.3, 0.4) is 0 Å². The fraction of sp³-hybridized carbons (Fsp3) is 0.417. The molecule has 0 bridgehead atoms. The van der Waals surface area contributed by atoms with Gasteiger partial charge in [-0.2, -0.15) is 0 Å². The molecule has 5 nitrogen and oxygen atoms in total. The maximum absolute atomic E-state index is 11.1. The van der Waals surface area contributed by atoms with E-state index in [1.54, 1.807) is 0 Å². The summed E-state index contributed by atoms with van der Waals surface area (Å²) >= 11 is 0. The Hall–Kier alpha value is -1.75. The van der Waals surface area contributed by atoms with Crippen LogP contribution in [0, 0.1) is 0 Å². The van der Waals surface area contributed by atoms with Crippen molar-refractivity contribution in [3.63, 3.8) is 0 Å². The summed E-state index contributed by atoms with van der Waals surface area (Å²) in [5.41, 5.74) is 2.31. The van der Waals surface area contributed by atoms with Crippen molar-refractivity contribution in [3.8, 4) is 5.75 Å². The summed E-state index contributed by atoms with van der Waals surface area (Å²) < 4.78 is 5.38. The summed E-state index contributed by atoms with van der Waals surface area (Å²) in [7, 11) is 0. The van der Waals surface area contributed by atoms with E-state index in [2.05, 4.69) is 10.8 Å². The van der Waals surface area contributed by atoms with Crippen LogP contribution in [0.15, 0.2) is 30.3 Å². The van der Waals surface area contributed by atoms with Gasteiger partial charge in [0.1, 0.15) is 19.0 Å². The smallest absolute Gasteiger partial charge is 0.338 e. The van der Waals surface area contributed by atoms with Crippen LogP contribution >= 0.6 is 0 Å². The highest BCUT2D eigenvalue weighted by atomic mass is 16.7. The topological polar surface area (TPSA) is 59.6 Å².